The molecular formula is C13H23N3. The first-order chi connectivity index (χ1) is 7.61. The van der Waals surface area contributed by atoms with Gasteiger partial charge >= 0.3 is 0 Å². The quantitative estimate of drug-likeness (QED) is 0.773. The molecule has 3 nitrogen and oxygen atoms in total. The Morgan fingerprint density at radius 2 is 1.81 bits per heavy atom. The van der Waals surface area contributed by atoms with E-state index >= 15 is 0 Å². The summed E-state index contributed by atoms with van der Waals surface area (Å²) in [5.41, 5.74) is 0. The van der Waals surface area contributed by atoms with Gasteiger partial charge in [-0.1, -0.05) is 19.9 Å². The Balaban J connectivity index is 2.45. The summed E-state index contributed by atoms with van der Waals surface area (Å²) < 4.78 is 0. The van der Waals surface area contributed by atoms with Gasteiger partial charge in [-0.05, 0) is 37.8 Å². The van der Waals surface area contributed by atoms with Crippen LogP contribution < -0.4 is 10.6 Å². The number of anilines is 2. The Labute approximate surface area is 98.7 Å². The molecule has 2 N–H and O–H groups in total. The van der Waals surface area contributed by atoms with Crippen molar-refractivity contribution in [1.82, 2.24) is 4.98 Å². The SMILES string of the molecule is CNc1cccc(NC(C)CCC(C)C)n1. The molecule has 0 amide bonds. The third kappa shape index (κ3) is 4.51. The van der Waals surface area contributed by atoms with Crippen LogP contribution in [-0.2, 0) is 0 Å². The molecule has 0 spiro atoms. The molecule has 1 rings (SSSR count). The average molecular weight is 221 g/mol. The molecule has 1 atom stereocenters. The lowest BCUT2D eigenvalue weighted by Gasteiger charge is -2.16. The van der Waals surface area contributed by atoms with E-state index in [1.807, 2.05) is 25.2 Å². The van der Waals surface area contributed by atoms with E-state index in [0.29, 0.717) is 6.04 Å². The summed E-state index contributed by atoms with van der Waals surface area (Å²) in [6.45, 7) is 6.72. The van der Waals surface area contributed by atoms with Gasteiger partial charge in [0.05, 0.1) is 0 Å². The average Bonchev–Trinajstić information content (AvgIpc) is 2.26. The Bertz CT molecular complexity index is 310. The smallest absolute Gasteiger partial charge is 0.128 e. The molecule has 0 saturated carbocycles. The van der Waals surface area contributed by atoms with Gasteiger partial charge < -0.3 is 10.6 Å². The maximum atomic E-state index is 4.44. The maximum absolute atomic E-state index is 4.44. The van der Waals surface area contributed by atoms with Crippen molar-refractivity contribution < 1.29 is 0 Å². The van der Waals surface area contributed by atoms with Crippen molar-refractivity contribution in [3.63, 3.8) is 0 Å². The normalized spacial score (nSPS) is 12.6. The third-order valence-electron chi connectivity index (χ3n) is 2.58. The van der Waals surface area contributed by atoms with Gasteiger partial charge in [-0.3, -0.25) is 0 Å². The second kappa shape index (κ2) is 6.36. The first kappa shape index (κ1) is 12.8. The van der Waals surface area contributed by atoms with Gasteiger partial charge in [0.25, 0.3) is 0 Å². The highest BCUT2D eigenvalue weighted by molar-refractivity contribution is 5.45. The summed E-state index contributed by atoms with van der Waals surface area (Å²) >= 11 is 0. The summed E-state index contributed by atoms with van der Waals surface area (Å²) in [5, 5.41) is 6.46. The predicted octanol–water partition coefficient (Wildman–Crippen LogP) is 3.36. The molecule has 0 aliphatic rings. The van der Waals surface area contributed by atoms with E-state index in [0.717, 1.165) is 17.6 Å². The number of nitrogens with one attached hydrogen (secondary N) is 2. The highest BCUT2D eigenvalue weighted by atomic mass is 15.1. The van der Waals surface area contributed by atoms with Gasteiger partial charge in [0.1, 0.15) is 11.6 Å². The number of aromatic nitrogens is 1. The minimum atomic E-state index is 0.474. The lowest BCUT2D eigenvalue weighted by atomic mass is 10.0. The zero-order valence-electron chi connectivity index (χ0n) is 10.7. The van der Waals surface area contributed by atoms with Crippen molar-refractivity contribution in [1.29, 1.82) is 0 Å². The molecule has 0 bridgehead atoms. The van der Waals surface area contributed by atoms with E-state index in [1.165, 1.54) is 12.8 Å². The Morgan fingerprint density at radius 3 is 2.44 bits per heavy atom. The summed E-state index contributed by atoms with van der Waals surface area (Å²) in [7, 11) is 1.88. The van der Waals surface area contributed by atoms with E-state index in [-0.39, 0.29) is 0 Å². The fourth-order valence-electron chi connectivity index (χ4n) is 1.56. The fourth-order valence-corrected chi connectivity index (χ4v) is 1.56. The van der Waals surface area contributed by atoms with Crippen molar-refractivity contribution in [2.75, 3.05) is 17.7 Å². The van der Waals surface area contributed by atoms with Crippen LogP contribution in [-0.4, -0.2) is 18.1 Å². The minimum Gasteiger partial charge on any atom is -0.373 e. The molecule has 1 aromatic rings. The van der Waals surface area contributed by atoms with E-state index in [1.54, 1.807) is 0 Å². The van der Waals surface area contributed by atoms with Gasteiger partial charge in [-0.2, -0.15) is 0 Å². The second-order valence-corrected chi connectivity index (χ2v) is 4.67. The van der Waals surface area contributed by atoms with Crippen LogP contribution in [0.3, 0.4) is 0 Å². The molecule has 1 aromatic heterocycles. The van der Waals surface area contributed by atoms with E-state index in [4.69, 9.17) is 0 Å². The molecule has 1 unspecified atom stereocenters. The first-order valence-corrected chi connectivity index (χ1v) is 6.03. The minimum absolute atomic E-state index is 0.474. The highest BCUT2D eigenvalue weighted by Crippen LogP contribution is 2.13. The van der Waals surface area contributed by atoms with Crippen LogP contribution in [0.15, 0.2) is 18.2 Å². The standard InChI is InChI=1S/C13H23N3/c1-10(2)8-9-11(3)15-13-7-5-6-12(14-4)16-13/h5-7,10-11H,8-9H2,1-4H3,(H2,14,15,16). The summed E-state index contributed by atoms with van der Waals surface area (Å²) in [5.74, 6) is 2.62. The molecule has 0 aliphatic heterocycles. The summed E-state index contributed by atoms with van der Waals surface area (Å²) in [6, 6.07) is 6.45. The molecule has 0 saturated heterocycles. The van der Waals surface area contributed by atoms with Crippen molar-refractivity contribution in [2.24, 2.45) is 5.92 Å². The fraction of sp³-hybridized carbons (Fsp3) is 0.615. The lowest BCUT2D eigenvalue weighted by molar-refractivity contribution is 0.527. The summed E-state index contributed by atoms with van der Waals surface area (Å²) in [6.07, 6.45) is 2.43. The largest absolute Gasteiger partial charge is 0.373 e. The second-order valence-electron chi connectivity index (χ2n) is 4.67. The van der Waals surface area contributed by atoms with Crippen LogP contribution in [0.2, 0.25) is 0 Å². The molecule has 90 valence electrons. The third-order valence-corrected chi connectivity index (χ3v) is 2.58. The van der Waals surface area contributed by atoms with Crippen LogP contribution in [0.5, 0.6) is 0 Å². The van der Waals surface area contributed by atoms with Crippen molar-refractivity contribution >= 4 is 11.6 Å². The van der Waals surface area contributed by atoms with Crippen LogP contribution in [0.4, 0.5) is 11.6 Å². The molecule has 3 heteroatoms. The molecular weight excluding hydrogens is 198 g/mol. The zero-order chi connectivity index (χ0) is 12.0. The van der Waals surface area contributed by atoms with Crippen LogP contribution in [0.1, 0.15) is 33.6 Å². The van der Waals surface area contributed by atoms with Crippen LogP contribution in [0, 0.1) is 5.92 Å². The van der Waals surface area contributed by atoms with Crippen molar-refractivity contribution in [2.45, 2.75) is 39.7 Å². The molecule has 1 heterocycles. The van der Waals surface area contributed by atoms with E-state index in [2.05, 4.69) is 36.4 Å². The van der Waals surface area contributed by atoms with Crippen molar-refractivity contribution in [3.05, 3.63) is 18.2 Å². The Kier molecular flexibility index (Phi) is 5.09. The lowest BCUT2D eigenvalue weighted by Crippen LogP contribution is -2.16. The van der Waals surface area contributed by atoms with Gasteiger partial charge in [-0.15, -0.1) is 0 Å². The van der Waals surface area contributed by atoms with Gasteiger partial charge in [-0.25, -0.2) is 4.98 Å². The van der Waals surface area contributed by atoms with Gasteiger partial charge in [0.15, 0.2) is 0 Å². The first-order valence-electron chi connectivity index (χ1n) is 6.03. The predicted molar refractivity (Wildman–Crippen MR) is 70.9 cm³/mol. The number of nitrogens with zero attached hydrogens (tertiary/aromatic N) is 1. The Hall–Kier alpha value is -1.25. The number of hydrogen-bond acceptors (Lipinski definition) is 3. The molecule has 0 fully saturated rings. The molecule has 0 aromatic carbocycles. The van der Waals surface area contributed by atoms with Crippen molar-refractivity contribution in [3.8, 4) is 0 Å². The van der Waals surface area contributed by atoms with E-state index in [9.17, 15) is 0 Å². The Morgan fingerprint density at radius 1 is 1.12 bits per heavy atom. The zero-order valence-corrected chi connectivity index (χ0v) is 10.7. The number of hydrogen-bond donors (Lipinski definition) is 2. The highest BCUT2D eigenvalue weighted by Gasteiger charge is 2.04. The summed E-state index contributed by atoms with van der Waals surface area (Å²) in [4.78, 5) is 4.44. The number of pyridine rings is 1. The molecule has 0 radical (unpaired) electrons. The van der Waals surface area contributed by atoms with Crippen LogP contribution >= 0.6 is 0 Å². The van der Waals surface area contributed by atoms with Gasteiger partial charge in [0.2, 0.25) is 0 Å². The topological polar surface area (TPSA) is 37.0 Å². The van der Waals surface area contributed by atoms with E-state index < -0.39 is 0 Å². The molecule has 0 aliphatic carbocycles. The molecule has 16 heavy (non-hydrogen) atoms. The maximum Gasteiger partial charge on any atom is 0.128 e. The monoisotopic (exact) mass is 221 g/mol. The number of rotatable bonds is 6. The van der Waals surface area contributed by atoms with Gasteiger partial charge in [0, 0.05) is 13.1 Å². The van der Waals surface area contributed by atoms with Crippen LogP contribution in [0.25, 0.3) is 0 Å².